The summed E-state index contributed by atoms with van der Waals surface area (Å²) in [6, 6.07) is 9.24. The van der Waals surface area contributed by atoms with E-state index in [4.69, 9.17) is 4.74 Å². The van der Waals surface area contributed by atoms with Gasteiger partial charge < -0.3 is 4.74 Å². The number of halogens is 3. The lowest BCUT2D eigenvalue weighted by Crippen LogP contribution is -2.02. The Morgan fingerprint density at radius 1 is 1.11 bits per heavy atom. The summed E-state index contributed by atoms with van der Waals surface area (Å²) in [6.45, 7) is 2.01. The molecule has 0 spiro atoms. The van der Waals surface area contributed by atoms with E-state index < -0.39 is 5.82 Å². The number of aryl methyl sites for hydroxylation is 1. The maximum atomic E-state index is 13.7. The lowest BCUT2D eigenvalue weighted by molar-refractivity contribution is 0.286. The summed E-state index contributed by atoms with van der Waals surface area (Å²) in [6.07, 6.45) is 0. The van der Waals surface area contributed by atoms with Gasteiger partial charge in [0.2, 0.25) is 0 Å². The first-order valence-corrected chi connectivity index (χ1v) is 6.95. The molecule has 0 aliphatic carbocycles. The minimum atomic E-state index is -0.411. The molecule has 2 rings (SSSR count). The number of hydrogen-bond donors (Lipinski definition) is 0. The van der Waals surface area contributed by atoms with Crippen molar-refractivity contribution in [2.24, 2.45) is 0 Å². The van der Waals surface area contributed by atoms with Gasteiger partial charge in [0.25, 0.3) is 0 Å². The summed E-state index contributed by atoms with van der Waals surface area (Å²) in [7, 11) is 0. The molecule has 0 bridgehead atoms. The van der Waals surface area contributed by atoms with Crippen molar-refractivity contribution < 1.29 is 13.5 Å². The molecule has 0 unspecified atom stereocenters. The Labute approximate surface area is 119 Å². The molecule has 0 fully saturated rings. The number of ether oxygens (including phenoxy) is 1. The second-order valence-corrected chi connectivity index (χ2v) is 4.78. The zero-order chi connectivity index (χ0) is 13.8. The Kier molecular flexibility index (Phi) is 4.53. The van der Waals surface area contributed by atoms with Crippen LogP contribution in [0.25, 0.3) is 0 Å². The number of para-hydroxylation sites is 1. The second-order valence-electron chi connectivity index (χ2n) is 4.22. The van der Waals surface area contributed by atoms with Gasteiger partial charge in [0, 0.05) is 10.9 Å². The molecule has 0 saturated carbocycles. The third-order valence-corrected chi connectivity index (χ3v) is 3.48. The molecule has 19 heavy (non-hydrogen) atoms. The number of alkyl halides is 1. The average Bonchev–Trinajstić information content (AvgIpc) is 2.40. The minimum absolute atomic E-state index is 0.143. The van der Waals surface area contributed by atoms with E-state index in [0.29, 0.717) is 10.9 Å². The Morgan fingerprint density at radius 2 is 1.89 bits per heavy atom. The van der Waals surface area contributed by atoms with Crippen LogP contribution >= 0.6 is 15.9 Å². The first-order valence-electron chi connectivity index (χ1n) is 5.83. The summed E-state index contributed by atoms with van der Waals surface area (Å²) >= 11 is 3.29. The molecule has 4 heteroatoms. The molecule has 0 amide bonds. The molecule has 0 saturated heterocycles. The van der Waals surface area contributed by atoms with Crippen molar-refractivity contribution in [1.29, 1.82) is 0 Å². The third kappa shape index (κ3) is 3.32. The van der Waals surface area contributed by atoms with E-state index in [1.165, 1.54) is 18.2 Å². The molecule has 0 N–H and O–H groups in total. The van der Waals surface area contributed by atoms with Crippen LogP contribution in [0.5, 0.6) is 5.75 Å². The van der Waals surface area contributed by atoms with Crippen molar-refractivity contribution in [1.82, 2.24) is 0 Å². The van der Waals surface area contributed by atoms with Gasteiger partial charge in [-0.05, 0) is 36.2 Å². The lowest BCUT2D eigenvalue weighted by atomic mass is 10.1. The number of rotatable bonds is 4. The van der Waals surface area contributed by atoms with Crippen molar-refractivity contribution in [3.8, 4) is 5.75 Å². The minimum Gasteiger partial charge on any atom is -0.485 e. The fourth-order valence-corrected chi connectivity index (χ4v) is 2.21. The Morgan fingerprint density at radius 3 is 2.63 bits per heavy atom. The Bertz CT molecular complexity index is 584. The summed E-state index contributed by atoms with van der Waals surface area (Å²) in [5.74, 6) is -0.521. The second kappa shape index (κ2) is 6.15. The number of hydrogen-bond acceptors (Lipinski definition) is 1. The van der Waals surface area contributed by atoms with Crippen LogP contribution in [0.3, 0.4) is 0 Å². The van der Waals surface area contributed by atoms with Gasteiger partial charge in [0.05, 0.1) is 0 Å². The Balaban J connectivity index is 2.21. The van der Waals surface area contributed by atoms with Crippen LogP contribution in [0, 0.1) is 18.6 Å². The molecule has 0 radical (unpaired) electrons. The van der Waals surface area contributed by atoms with E-state index in [9.17, 15) is 8.78 Å². The average molecular weight is 327 g/mol. The zero-order valence-electron chi connectivity index (χ0n) is 10.4. The standard InChI is InChI=1S/C15H13BrF2O/c1-10-5-6-13(17)7-12(10)9-19-15-11(8-16)3-2-4-14(15)18/h2-7H,8-9H2,1H3. The van der Waals surface area contributed by atoms with Gasteiger partial charge in [-0.3, -0.25) is 0 Å². The van der Waals surface area contributed by atoms with Crippen LogP contribution in [-0.4, -0.2) is 0 Å². The molecule has 0 aliphatic heterocycles. The van der Waals surface area contributed by atoms with Crippen LogP contribution in [-0.2, 0) is 11.9 Å². The molecule has 100 valence electrons. The molecule has 0 aliphatic rings. The predicted octanol–water partition coefficient (Wildman–Crippen LogP) is 4.75. The van der Waals surface area contributed by atoms with E-state index in [0.717, 1.165) is 11.1 Å². The van der Waals surface area contributed by atoms with Crippen molar-refractivity contribution in [3.63, 3.8) is 0 Å². The first kappa shape index (κ1) is 14.0. The van der Waals surface area contributed by atoms with Gasteiger partial charge in [-0.15, -0.1) is 0 Å². The van der Waals surface area contributed by atoms with Crippen LogP contribution in [0.15, 0.2) is 36.4 Å². The van der Waals surface area contributed by atoms with E-state index in [-0.39, 0.29) is 18.2 Å². The fourth-order valence-electron chi connectivity index (χ4n) is 1.77. The summed E-state index contributed by atoms with van der Waals surface area (Å²) < 4.78 is 32.4. The topological polar surface area (TPSA) is 9.23 Å². The smallest absolute Gasteiger partial charge is 0.165 e. The SMILES string of the molecule is Cc1ccc(F)cc1COc1c(F)cccc1CBr. The summed E-state index contributed by atoms with van der Waals surface area (Å²) in [5, 5.41) is 0.502. The third-order valence-electron chi connectivity index (χ3n) is 2.88. The van der Waals surface area contributed by atoms with Crippen molar-refractivity contribution in [2.75, 3.05) is 0 Å². The van der Waals surface area contributed by atoms with Gasteiger partial charge in [-0.1, -0.05) is 34.1 Å². The quantitative estimate of drug-likeness (QED) is 0.737. The zero-order valence-corrected chi connectivity index (χ0v) is 12.0. The van der Waals surface area contributed by atoms with E-state index in [2.05, 4.69) is 15.9 Å². The highest BCUT2D eigenvalue weighted by Gasteiger charge is 2.10. The summed E-state index contributed by atoms with van der Waals surface area (Å²) in [5.41, 5.74) is 2.36. The van der Waals surface area contributed by atoms with E-state index in [1.807, 2.05) is 6.92 Å². The van der Waals surface area contributed by atoms with Crippen molar-refractivity contribution in [3.05, 3.63) is 64.7 Å². The first-order chi connectivity index (χ1) is 9.11. The monoisotopic (exact) mass is 326 g/mol. The van der Waals surface area contributed by atoms with Crippen LogP contribution in [0.4, 0.5) is 8.78 Å². The molecule has 0 aromatic heterocycles. The molecule has 1 nitrogen and oxygen atoms in total. The highest BCUT2D eigenvalue weighted by molar-refractivity contribution is 9.08. The van der Waals surface area contributed by atoms with Gasteiger partial charge >= 0.3 is 0 Å². The van der Waals surface area contributed by atoms with Gasteiger partial charge in [-0.25, -0.2) is 8.78 Å². The molecular formula is C15H13BrF2O. The molecule has 2 aromatic rings. The van der Waals surface area contributed by atoms with Gasteiger partial charge in [0.1, 0.15) is 12.4 Å². The molecule has 0 heterocycles. The highest BCUT2D eigenvalue weighted by Crippen LogP contribution is 2.26. The van der Waals surface area contributed by atoms with Crippen LogP contribution in [0.1, 0.15) is 16.7 Å². The molecular weight excluding hydrogens is 314 g/mol. The highest BCUT2D eigenvalue weighted by atomic mass is 79.9. The van der Waals surface area contributed by atoms with Crippen molar-refractivity contribution in [2.45, 2.75) is 18.9 Å². The van der Waals surface area contributed by atoms with E-state index >= 15 is 0 Å². The maximum Gasteiger partial charge on any atom is 0.165 e. The van der Waals surface area contributed by atoms with Crippen LogP contribution in [0.2, 0.25) is 0 Å². The van der Waals surface area contributed by atoms with Crippen LogP contribution < -0.4 is 4.74 Å². The van der Waals surface area contributed by atoms with E-state index in [1.54, 1.807) is 18.2 Å². The summed E-state index contributed by atoms with van der Waals surface area (Å²) in [4.78, 5) is 0. The van der Waals surface area contributed by atoms with Crippen molar-refractivity contribution >= 4 is 15.9 Å². The fraction of sp³-hybridized carbons (Fsp3) is 0.200. The lowest BCUT2D eigenvalue weighted by Gasteiger charge is -2.12. The van der Waals surface area contributed by atoms with Gasteiger partial charge in [-0.2, -0.15) is 0 Å². The largest absolute Gasteiger partial charge is 0.485 e. The molecule has 0 atom stereocenters. The number of benzene rings is 2. The Hall–Kier alpha value is -1.42. The maximum absolute atomic E-state index is 13.7. The van der Waals surface area contributed by atoms with Gasteiger partial charge in [0.15, 0.2) is 11.6 Å². The molecule has 2 aromatic carbocycles. The predicted molar refractivity (Wildman–Crippen MR) is 74.5 cm³/mol. The normalized spacial score (nSPS) is 10.5.